The maximum atomic E-state index is 13.2. The summed E-state index contributed by atoms with van der Waals surface area (Å²) in [5.74, 6) is -0.0105. The van der Waals surface area contributed by atoms with E-state index in [0.29, 0.717) is 28.4 Å². The Balaban J connectivity index is 1.88. The summed E-state index contributed by atoms with van der Waals surface area (Å²) in [5.41, 5.74) is 2.58. The zero-order chi connectivity index (χ0) is 23.8. The minimum absolute atomic E-state index is 0.339. The van der Waals surface area contributed by atoms with E-state index in [0.717, 1.165) is 5.56 Å². The lowest BCUT2D eigenvalue weighted by Gasteiger charge is -2.27. The van der Waals surface area contributed by atoms with Gasteiger partial charge in [-0.2, -0.15) is 0 Å². The highest BCUT2D eigenvalue weighted by molar-refractivity contribution is 5.88. The molecular formula is C25H25F2N3O3. The zero-order valence-corrected chi connectivity index (χ0v) is 18.3. The average molecular weight is 453 g/mol. The largest absolute Gasteiger partial charge is 0.497 e. The van der Waals surface area contributed by atoms with Crippen LogP contribution < -0.4 is 20.1 Å². The highest BCUT2D eigenvalue weighted by Gasteiger charge is 2.24. The molecule has 0 saturated heterocycles. The number of alkyl halides is 1. The van der Waals surface area contributed by atoms with Crippen molar-refractivity contribution in [2.24, 2.45) is 0 Å². The number of nitrogens with one attached hydrogen (secondary N) is 3. The Kier molecular flexibility index (Phi) is 7.96. The van der Waals surface area contributed by atoms with Gasteiger partial charge < -0.3 is 25.5 Å². The molecule has 0 unspecified atom stereocenters. The van der Waals surface area contributed by atoms with Gasteiger partial charge >= 0.3 is 0 Å². The molecule has 0 aliphatic rings. The van der Waals surface area contributed by atoms with Crippen LogP contribution in [-0.4, -0.2) is 31.9 Å². The summed E-state index contributed by atoms with van der Waals surface area (Å²) in [6, 6.07) is 17.7. The summed E-state index contributed by atoms with van der Waals surface area (Å²) in [6.45, 7) is 0.594. The van der Waals surface area contributed by atoms with Crippen molar-refractivity contribution >= 4 is 23.5 Å². The predicted molar refractivity (Wildman–Crippen MR) is 124 cm³/mol. The molecule has 0 radical (unpaired) electrons. The van der Waals surface area contributed by atoms with Crippen LogP contribution in [-0.2, 0) is 4.79 Å². The number of methoxy groups -OCH3 is 1. The summed E-state index contributed by atoms with van der Waals surface area (Å²) in [5, 5.41) is 13.5. The molecular weight excluding hydrogens is 428 g/mol. The van der Waals surface area contributed by atoms with Crippen molar-refractivity contribution < 1.29 is 23.0 Å². The number of benzene rings is 3. The van der Waals surface area contributed by atoms with Crippen LogP contribution in [0.2, 0.25) is 0 Å². The van der Waals surface area contributed by atoms with Gasteiger partial charge in [-0.25, -0.2) is 8.78 Å². The van der Waals surface area contributed by atoms with E-state index in [2.05, 4.69) is 10.6 Å². The second kappa shape index (κ2) is 11.1. The minimum Gasteiger partial charge on any atom is -0.497 e. The Morgan fingerprint density at radius 3 is 2.52 bits per heavy atom. The van der Waals surface area contributed by atoms with E-state index in [1.54, 1.807) is 62.6 Å². The lowest BCUT2D eigenvalue weighted by molar-refractivity contribution is -0.123. The van der Waals surface area contributed by atoms with Crippen LogP contribution in [0.15, 0.2) is 66.7 Å². The van der Waals surface area contributed by atoms with Gasteiger partial charge in [-0.1, -0.05) is 12.1 Å². The number of hydrogen-bond acceptors (Lipinski definition) is 5. The van der Waals surface area contributed by atoms with Crippen molar-refractivity contribution in [2.75, 3.05) is 19.1 Å². The lowest BCUT2D eigenvalue weighted by atomic mass is 10.0. The van der Waals surface area contributed by atoms with Gasteiger partial charge in [0.2, 0.25) is 0 Å². The van der Waals surface area contributed by atoms with Gasteiger partial charge in [-0.3, -0.25) is 4.79 Å². The maximum absolute atomic E-state index is 13.2. The first-order valence-corrected chi connectivity index (χ1v) is 10.3. The van der Waals surface area contributed by atoms with Crippen LogP contribution in [0, 0.1) is 11.2 Å². The fraction of sp³-hybridized carbons (Fsp3) is 0.200. The van der Waals surface area contributed by atoms with Crippen LogP contribution in [0.3, 0.4) is 0 Å². The summed E-state index contributed by atoms with van der Waals surface area (Å²) in [7, 11) is 1.55. The predicted octanol–water partition coefficient (Wildman–Crippen LogP) is 5.17. The normalized spacial score (nSPS) is 12.4. The molecule has 0 fully saturated rings. The number of ether oxygens (including phenoxy) is 2. The van der Waals surface area contributed by atoms with Crippen LogP contribution in [0.5, 0.6) is 11.5 Å². The van der Waals surface area contributed by atoms with Gasteiger partial charge in [0.05, 0.1) is 13.2 Å². The summed E-state index contributed by atoms with van der Waals surface area (Å²) in [4.78, 5) is 11.6. The van der Waals surface area contributed by atoms with Crippen LogP contribution in [0.25, 0.3) is 0 Å². The van der Waals surface area contributed by atoms with Gasteiger partial charge in [-0.05, 0) is 67.1 Å². The number of carbonyl (C=O) groups excluding carboxylic acids is 1. The number of anilines is 2. The highest BCUT2D eigenvalue weighted by atomic mass is 19.1. The van der Waals surface area contributed by atoms with E-state index in [9.17, 15) is 13.6 Å². The van der Waals surface area contributed by atoms with E-state index in [1.807, 2.05) is 6.07 Å². The lowest BCUT2D eigenvalue weighted by Crippen LogP contribution is -2.40. The van der Waals surface area contributed by atoms with E-state index in [1.165, 1.54) is 18.3 Å². The van der Waals surface area contributed by atoms with E-state index in [-0.39, 0.29) is 5.82 Å². The van der Waals surface area contributed by atoms with Crippen molar-refractivity contribution in [3.05, 3.63) is 83.7 Å². The molecule has 0 aliphatic heterocycles. The van der Waals surface area contributed by atoms with Crippen molar-refractivity contribution in [2.45, 2.75) is 19.1 Å². The molecule has 172 valence electrons. The van der Waals surface area contributed by atoms with Gasteiger partial charge in [-0.15, -0.1) is 0 Å². The Labute approximate surface area is 191 Å². The first kappa shape index (κ1) is 23.7. The van der Waals surface area contributed by atoms with Gasteiger partial charge in [0.25, 0.3) is 5.91 Å². The van der Waals surface area contributed by atoms with E-state index < -0.39 is 24.7 Å². The molecule has 0 bridgehead atoms. The molecule has 0 heterocycles. The smallest absolute Gasteiger partial charge is 0.251 e. The standard InChI is InChI=1S/C25H25F2N3O3/c1-16(29-24(31)14-26)25(17-4-3-5-21(12-17)32-2)33-22-10-11-23(18(13-22)15-28)30-20-8-6-19(27)7-9-20/h3-13,15-16,25,28,30H,14H2,1-2H3,(H,29,31)/t16-,25-/m0/s1. The third-order valence-electron chi connectivity index (χ3n) is 4.95. The second-order valence-corrected chi connectivity index (χ2v) is 7.33. The number of halogens is 2. The van der Waals surface area contributed by atoms with Crippen molar-refractivity contribution in [3.63, 3.8) is 0 Å². The molecule has 0 aromatic heterocycles. The second-order valence-electron chi connectivity index (χ2n) is 7.33. The van der Waals surface area contributed by atoms with Gasteiger partial charge in [0.1, 0.15) is 23.4 Å². The molecule has 2 atom stereocenters. The molecule has 8 heteroatoms. The zero-order valence-electron chi connectivity index (χ0n) is 18.3. The molecule has 3 N–H and O–H groups in total. The topological polar surface area (TPSA) is 83.4 Å². The summed E-state index contributed by atoms with van der Waals surface area (Å²) < 4.78 is 37.4. The minimum atomic E-state index is -1.13. The molecule has 3 aromatic carbocycles. The van der Waals surface area contributed by atoms with Gasteiger partial charge in [0, 0.05) is 23.2 Å². The summed E-state index contributed by atoms with van der Waals surface area (Å²) >= 11 is 0. The Bertz CT molecular complexity index is 1110. The quantitative estimate of drug-likeness (QED) is 0.370. The SMILES string of the molecule is COc1cccc([C@@H](Oc2ccc(Nc3ccc(F)cc3)c(C=N)c2)[C@H](C)NC(=O)CF)c1. The molecule has 1 amide bonds. The molecule has 3 aromatic rings. The van der Waals surface area contributed by atoms with Crippen LogP contribution >= 0.6 is 0 Å². The first-order chi connectivity index (χ1) is 15.9. The van der Waals surface area contributed by atoms with Crippen LogP contribution in [0.1, 0.15) is 24.2 Å². The van der Waals surface area contributed by atoms with Crippen molar-refractivity contribution in [1.29, 1.82) is 5.41 Å². The van der Waals surface area contributed by atoms with Crippen molar-refractivity contribution in [1.82, 2.24) is 5.32 Å². The fourth-order valence-corrected chi connectivity index (χ4v) is 3.33. The number of rotatable bonds is 10. The molecule has 0 saturated carbocycles. The molecule has 6 nitrogen and oxygen atoms in total. The molecule has 0 aliphatic carbocycles. The third-order valence-corrected chi connectivity index (χ3v) is 4.95. The highest BCUT2D eigenvalue weighted by Crippen LogP contribution is 2.30. The first-order valence-electron chi connectivity index (χ1n) is 10.3. The maximum Gasteiger partial charge on any atom is 0.251 e. The Morgan fingerprint density at radius 2 is 1.85 bits per heavy atom. The molecule has 33 heavy (non-hydrogen) atoms. The number of carbonyl (C=O) groups is 1. The Morgan fingerprint density at radius 1 is 1.09 bits per heavy atom. The summed E-state index contributed by atoms with van der Waals surface area (Å²) in [6.07, 6.45) is 0.526. The van der Waals surface area contributed by atoms with Crippen LogP contribution in [0.4, 0.5) is 20.2 Å². The average Bonchev–Trinajstić information content (AvgIpc) is 2.84. The molecule has 0 spiro atoms. The third kappa shape index (κ3) is 6.29. The number of hydrogen-bond donors (Lipinski definition) is 3. The van der Waals surface area contributed by atoms with E-state index in [4.69, 9.17) is 14.9 Å². The van der Waals surface area contributed by atoms with Crippen molar-refractivity contribution in [3.8, 4) is 11.5 Å². The number of amides is 1. The fourth-order valence-electron chi connectivity index (χ4n) is 3.33. The Hall–Kier alpha value is -3.94. The molecule has 3 rings (SSSR count). The monoisotopic (exact) mass is 453 g/mol. The van der Waals surface area contributed by atoms with E-state index >= 15 is 0 Å². The van der Waals surface area contributed by atoms with Gasteiger partial charge in [0.15, 0.2) is 6.67 Å².